The molecule has 2 aliphatic heterocycles. The monoisotopic (exact) mass is 854 g/mol. The van der Waals surface area contributed by atoms with Gasteiger partial charge in [0.2, 0.25) is 0 Å². The lowest BCUT2D eigenvalue weighted by Gasteiger charge is -2.24. The molecule has 2 aliphatic rings. The molecule has 0 bridgehead atoms. The van der Waals surface area contributed by atoms with Crippen LogP contribution in [-0.2, 0) is 0 Å². The lowest BCUT2D eigenvalue weighted by molar-refractivity contribution is 0.709. The van der Waals surface area contributed by atoms with E-state index < -0.39 is 0 Å². The number of anilines is 2. The van der Waals surface area contributed by atoms with Crippen molar-refractivity contribution in [3.8, 4) is 33.9 Å². The third kappa shape index (κ3) is 7.42. The van der Waals surface area contributed by atoms with E-state index in [2.05, 4.69) is 192 Å². The van der Waals surface area contributed by atoms with Crippen molar-refractivity contribution < 1.29 is 0 Å². The highest BCUT2D eigenvalue weighted by molar-refractivity contribution is 6.04. The molecular weight excluding hydrogens is 809 g/mol. The number of aromatic amines is 2. The molecule has 0 saturated heterocycles. The number of aryl methyl sites for hydroxylation is 2. The Kier molecular flexibility index (Phi) is 9.71. The Bertz CT molecular complexity index is 3120. The number of rotatable bonds is 9. The van der Waals surface area contributed by atoms with Gasteiger partial charge in [-0.3, -0.25) is 10.0 Å². The molecule has 318 valence electrons. The third-order valence-electron chi connectivity index (χ3n) is 13.1. The van der Waals surface area contributed by atoms with Crippen molar-refractivity contribution >= 4 is 44.9 Å². The van der Waals surface area contributed by atoms with E-state index >= 15 is 0 Å². The number of nitrogens with one attached hydrogen (secondary N) is 2. The van der Waals surface area contributed by atoms with Gasteiger partial charge in [-0.05, 0) is 120 Å². The van der Waals surface area contributed by atoms with Crippen LogP contribution in [0.3, 0.4) is 0 Å². The molecule has 0 aliphatic carbocycles. The second-order valence-corrected chi connectivity index (χ2v) is 17.5. The maximum atomic E-state index is 5.30. The molecule has 66 heavy (non-hydrogen) atoms. The van der Waals surface area contributed by atoms with Crippen molar-refractivity contribution in [1.29, 1.82) is 0 Å². The topological polar surface area (TPSA) is 88.6 Å². The van der Waals surface area contributed by atoms with Crippen molar-refractivity contribution in [3.63, 3.8) is 0 Å². The van der Waals surface area contributed by atoms with Crippen LogP contribution in [0.15, 0.2) is 204 Å². The van der Waals surface area contributed by atoms with Gasteiger partial charge in [0.25, 0.3) is 0 Å². The van der Waals surface area contributed by atoms with Gasteiger partial charge in [-0.1, -0.05) is 132 Å². The molecule has 10 aromatic rings. The average molecular weight is 855 g/mol. The van der Waals surface area contributed by atoms with Crippen molar-refractivity contribution in [2.75, 3.05) is 10.0 Å². The number of hydrogen-bond donors (Lipinski definition) is 2. The normalized spacial score (nSPS) is 16.0. The van der Waals surface area contributed by atoms with Gasteiger partial charge in [-0.2, -0.15) is 10.2 Å². The van der Waals surface area contributed by atoms with E-state index in [1.165, 1.54) is 22.3 Å². The maximum Gasteiger partial charge on any atom is 0.138 e. The summed E-state index contributed by atoms with van der Waals surface area (Å²) in [4.78, 5) is 16.6. The van der Waals surface area contributed by atoms with E-state index in [9.17, 15) is 0 Å². The van der Waals surface area contributed by atoms with Gasteiger partial charge < -0.3 is 9.97 Å². The first kappa shape index (κ1) is 39.2. The zero-order valence-electron chi connectivity index (χ0n) is 36.7. The number of fused-ring (bicyclic) bond motifs is 2. The van der Waals surface area contributed by atoms with Crippen molar-refractivity contribution in [2.45, 2.75) is 38.8 Å². The molecule has 2 N–H and O–H groups in total. The Morgan fingerprint density at radius 2 is 0.727 bits per heavy atom. The minimum Gasteiger partial charge on any atom is -0.338 e. The molecule has 2 unspecified atom stereocenters. The first-order chi connectivity index (χ1) is 32.5. The Morgan fingerprint density at radius 1 is 0.379 bits per heavy atom. The number of nitrogens with zero attached hydrogens (tertiary/aromatic N) is 6. The van der Waals surface area contributed by atoms with Crippen molar-refractivity contribution in [2.24, 2.45) is 10.2 Å². The van der Waals surface area contributed by atoms with Gasteiger partial charge in [-0.25, -0.2) is 9.97 Å². The van der Waals surface area contributed by atoms with Crippen LogP contribution in [0, 0.1) is 13.8 Å². The SMILES string of the molecule is Cc1ccc(C2CC(c3ccc(-c4ccc(C5=NN(c6ccc(-c7nc8ccccc8[nH]7)cc6)C(c6ccc(C)cc6)C5)cc4)cc3)=NN2c2ccc(-c3nc4ccccc4[nH]3)cc2)cc1. The highest BCUT2D eigenvalue weighted by Crippen LogP contribution is 2.40. The van der Waals surface area contributed by atoms with Crippen LogP contribution < -0.4 is 10.0 Å². The standard InChI is InChI=1S/C58H46N8/c1-37-11-15-43(16-12-37)55-35-53(63-65(55)47-31-27-45(28-32-47)57-59-49-7-3-4-8-50(49)60-57)41-23-19-39(20-24-41)40-21-25-42(26-22-40)54-36-56(44-17-13-38(2)14-18-44)66(64-54)48-33-29-46(30-34-48)58-61-51-9-5-6-10-52(51)62-58/h3-34,55-56H,35-36H2,1-2H3,(H,59,60)(H,61,62). The third-order valence-corrected chi connectivity index (χ3v) is 13.1. The van der Waals surface area contributed by atoms with Crippen LogP contribution in [0.25, 0.3) is 56.0 Å². The molecule has 0 fully saturated rings. The number of imidazole rings is 2. The van der Waals surface area contributed by atoms with Crippen LogP contribution in [0.4, 0.5) is 11.4 Å². The number of aromatic nitrogens is 4. The summed E-state index contributed by atoms with van der Waals surface area (Å²) < 4.78 is 0. The highest BCUT2D eigenvalue weighted by atomic mass is 15.5. The van der Waals surface area contributed by atoms with Crippen LogP contribution in [0.1, 0.15) is 58.3 Å². The summed E-state index contributed by atoms with van der Waals surface area (Å²) in [5.41, 5.74) is 19.9. The quantitative estimate of drug-likeness (QED) is 0.151. The van der Waals surface area contributed by atoms with Crippen LogP contribution in [-0.4, -0.2) is 31.4 Å². The smallest absolute Gasteiger partial charge is 0.138 e. The van der Waals surface area contributed by atoms with E-state index in [1.807, 2.05) is 36.4 Å². The second-order valence-electron chi connectivity index (χ2n) is 17.5. The zero-order valence-corrected chi connectivity index (χ0v) is 36.7. The van der Waals surface area contributed by atoms with Gasteiger partial charge in [0.15, 0.2) is 0 Å². The predicted molar refractivity (Wildman–Crippen MR) is 270 cm³/mol. The molecule has 0 amide bonds. The van der Waals surface area contributed by atoms with E-state index in [4.69, 9.17) is 20.2 Å². The minimum atomic E-state index is 0.0759. The average Bonchev–Trinajstić information content (AvgIpc) is 4.20. The summed E-state index contributed by atoms with van der Waals surface area (Å²) in [6.07, 6.45) is 1.60. The van der Waals surface area contributed by atoms with Gasteiger partial charge >= 0.3 is 0 Å². The van der Waals surface area contributed by atoms with Crippen LogP contribution >= 0.6 is 0 Å². The van der Waals surface area contributed by atoms with Crippen molar-refractivity contribution in [3.05, 3.63) is 228 Å². The fourth-order valence-electron chi connectivity index (χ4n) is 9.38. The first-order valence-electron chi connectivity index (χ1n) is 22.6. The molecular formula is C58H46N8. The zero-order chi connectivity index (χ0) is 44.1. The van der Waals surface area contributed by atoms with E-state index in [1.54, 1.807) is 0 Å². The lowest BCUT2D eigenvalue weighted by atomic mass is 9.95. The van der Waals surface area contributed by atoms with E-state index in [-0.39, 0.29) is 12.1 Å². The van der Waals surface area contributed by atoms with Crippen LogP contribution in [0.2, 0.25) is 0 Å². The summed E-state index contributed by atoms with van der Waals surface area (Å²) >= 11 is 0. The second kappa shape index (κ2) is 16.3. The Labute approximate surface area is 383 Å². The Hall–Kier alpha value is -8.36. The molecule has 0 spiro atoms. The molecule has 8 heteroatoms. The molecule has 4 heterocycles. The van der Waals surface area contributed by atoms with Crippen molar-refractivity contribution in [1.82, 2.24) is 19.9 Å². The predicted octanol–water partition coefficient (Wildman–Crippen LogP) is 13.8. The van der Waals surface area contributed by atoms with Gasteiger partial charge in [0.1, 0.15) is 11.6 Å². The molecule has 0 radical (unpaired) electrons. The van der Waals surface area contributed by atoms with Gasteiger partial charge in [0, 0.05) is 24.0 Å². The summed E-state index contributed by atoms with van der Waals surface area (Å²) in [6.45, 7) is 4.27. The number of hydrazone groups is 2. The largest absolute Gasteiger partial charge is 0.338 e. The summed E-state index contributed by atoms with van der Waals surface area (Å²) in [5, 5.41) is 15.0. The molecule has 8 aromatic carbocycles. The maximum absolute atomic E-state index is 5.30. The fraction of sp³-hybridized carbons (Fsp3) is 0.103. The molecule has 2 atom stereocenters. The summed E-state index contributed by atoms with van der Waals surface area (Å²) in [7, 11) is 0. The number of benzene rings is 8. The molecule has 2 aromatic heterocycles. The minimum absolute atomic E-state index is 0.0759. The number of para-hydroxylation sites is 4. The molecule has 0 saturated carbocycles. The summed E-state index contributed by atoms with van der Waals surface area (Å²) in [6, 6.07) is 69.0. The summed E-state index contributed by atoms with van der Waals surface area (Å²) in [5.74, 6) is 1.73. The van der Waals surface area contributed by atoms with Gasteiger partial charge in [0.05, 0.1) is 56.9 Å². The number of H-pyrrole nitrogens is 2. The fourth-order valence-corrected chi connectivity index (χ4v) is 9.38. The Balaban J connectivity index is 0.790. The lowest BCUT2D eigenvalue weighted by Crippen LogP contribution is -2.18. The number of hydrogen-bond acceptors (Lipinski definition) is 6. The highest BCUT2D eigenvalue weighted by Gasteiger charge is 2.32. The first-order valence-corrected chi connectivity index (χ1v) is 22.6. The Morgan fingerprint density at radius 3 is 1.11 bits per heavy atom. The van der Waals surface area contributed by atoms with E-state index in [0.29, 0.717) is 0 Å². The van der Waals surface area contributed by atoms with Gasteiger partial charge in [-0.15, -0.1) is 0 Å². The molecule has 8 nitrogen and oxygen atoms in total. The van der Waals surface area contributed by atoms with Crippen LogP contribution in [0.5, 0.6) is 0 Å². The molecule has 12 rings (SSSR count). The van der Waals surface area contributed by atoms with E-state index in [0.717, 1.165) is 103 Å².